The van der Waals surface area contributed by atoms with Crippen LogP contribution >= 0.6 is 0 Å². The predicted molar refractivity (Wildman–Crippen MR) is 154 cm³/mol. The number of amides is 3. The van der Waals surface area contributed by atoms with Crippen LogP contribution in [0, 0.1) is 17.8 Å². The monoisotopic (exact) mass is 569 g/mol. The number of alkyl carbamates (subject to hydrolysis) is 1. The van der Waals surface area contributed by atoms with Crippen LogP contribution in [0.15, 0.2) is 0 Å². The van der Waals surface area contributed by atoms with Crippen molar-refractivity contribution < 1.29 is 33.8 Å². The molecule has 0 heterocycles. The third-order valence-corrected chi connectivity index (χ3v) is 7.29. The number of nitrogens with one attached hydrogen (secondary N) is 3. The second-order valence-electron chi connectivity index (χ2n) is 12.6. The van der Waals surface area contributed by atoms with E-state index in [1.165, 1.54) is 6.42 Å². The summed E-state index contributed by atoms with van der Waals surface area (Å²) in [5.74, 6) is -1.21. The fourth-order valence-electron chi connectivity index (χ4n) is 5.02. The van der Waals surface area contributed by atoms with Crippen molar-refractivity contribution in [3.63, 3.8) is 0 Å². The van der Waals surface area contributed by atoms with Gasteiger partial charge in [0.15, 0.2) is 0 Å². The van der Waals surface area contributed by atoms with Crippen LogP contribution in [0.2, 0.25) is 0 Å². The van der Waals surface area contributed by atoms with Gasteiger partial charge in [0, 0.05) is 0 Å². The molecule has 0 aromatic heterocycles. The largest absolute Gasteiger partial charge is 0.466 e. The molecule has 1 aliphatic rings. The standard InChI is InChI=1S/C30H55N3O7/c1-9-20(5)26(28(37)31-22(16-19(3)4)24(34)18-25(35)39-10-2)33-27(36)23(17-21-14-12-11-13-15-21)32-29(38)40-30(6,7)8/h19-24,26,34H,9-18H2,1-8H3,(H,31,37)(H,32,38)(H,33,36)/t20-,22-,23-,24-,26-/m0/s1. The van der Waals surface area contributed by atoms with Crippen LogP contribution < -0.4 is 16.0 Å². The van der Waals surface area contributed by atoms with Gasteiger partial charge in [0.25, 0.3) is 0 Å². The molecule has 0 bridgehead atoms. The highest BCUT2D eigenvalue weighted by atomic mass is 16.6. The van der Waals surface area contributed by atoms with Crippen molar-refractivity contribution in [3.8, 4) is 0 Å². The molecule has 0 saturated heterocycles. The van der Waals surface area contributed by atoms with Gasteiger partial charge in [0.2, 0.25) is 11.8 Å². The Bertz CT molecular complexity index is 806. The zero-order valence-corrected chi connectivity index (χ0v) is 26.0. The smallest absolute Gasteiger partial charge is 0.408 e. The summed E-state index contributed by atoms with van der Waals surface area (Å²) in [4.78, 5) is 51.7. The van der Waals surface area contributed by atoms with E-state index in [-0.39, 0.29) is 24.9 Å². The van der Waals surface area contributed by atoms with Gasteiger partial charge in [-0.15, -0.1) is 0 Å². The number of aliphatic hydroxyl groups excluding tert-OH is 1. The van der Waals surface area contributed by atoms with E-state index in [1.807, 2.05) is 27.7 Å². The zero-order valence-electron chi connectivity index (χ0n) is 26.0. The van der Waals surface area contributed by atoms with Crippen molar-refractivity contribution in [2.24, 2.45) is 17.8 Å². The Morgan fingerprint density at radius 1 is 0.925 bits per heavy atom. The van der Waals surface area contributed by atoms with E-state index in [0.717, 1.165) is 25.7 Å². The Kier molecular flexibility index (Phi) is 15.6. The molecular formula is C30H55N3O7. The number of carbonyl (C=O) groups excluding carboxylic acids is 4. The number of carbonyl (C=O) groups is 4. The first-order valence-electron chi connectivity index (χ1n) is 15.1. The van der Waals surface area contributed by atoms with E-state index in [4.69, 9.17) is 9.47 Å². The topological polar surface area (TPSA) is 143 Å². The SMILES string of the molecule is CCOC(=O)C[C@H](O)[C@H](CC(C)C)NC(=O)[C@@H](NC(=O)[C@H](CC1CCCCC1)NC(=O)OC(C)(C)C)[C@@H](C)CC. The summed E-state index contributed by atoms with van der Waals surface area (Å²) in [7, 11) is 0. The minimum Gasteiger partial charge on any atom is -0.466 e. The average molecular weight is 570 g/mol. The highest BCUT2D eigenvalue weighted by molar-refractivity contribution is 5.91. The lowest BCUT2D eigenvalue weighted by Crippen LogP contribution is -2.58. The Labute approximate surface area is 241 Å². The first-order chi connectivity index (χ1) is 18.7. The summed E-state index contributed by atoms with van der Waals surface area (Å²) in [6.45, 7) is 14.9. The van der Waals surface area contributed by atoms with Crippen molar-refractivity contribution in [2.45, 2.75) is 143 Å². The third kappa shape index (κ3) is 13.8. The van der Waals surface area contributed by atoms with Crippen molar-refractivity contribution in [3.05, 3.63) is 0 Å². The molecule has 1 fully saturated rings. The van der Waals surface area contributed by atoms with Gasteiger partial charge < -0.3 is 30.5 Å². The first-order valence-corrected chi connectivity index (χ1v) is 15.1. The van der Waals surface area contributed by atoms with Crippen LogP contribution in [0.4, 0.5) is 4.79 Å². The molecule has 10 nitrogen and oxygen atoms in total. The number of esters is 1. The van der Waals surface area contributed by atoms with Gasteiger partial charge in [-0.05, 0) is 58.3 Å². The lowest BCUT2D eigenvalue weighted by molar-refractivity contribution is -0.146. The maximum Gasteiger partial charge on any atom is 0.408 e. The summed E-state index contributed by atoms with van der Waals surface area (Å²) < 4.78 is 10.4. The van der Waals surface area contributed by atoms with Crippen LogP contribution in [-0.2, 0) is 23.9 Å². The molecular weight excluding hydrogens is 514 g/mol. The normalized spacial score (nSPS) is 18.1. The van der Waals surface area contributed by atoms with Crippen LogP contribution in [0.5, 0.6) is 0 Å². The van der Waals surface area contributed by atoms with Gasteiger partial charge in [-0.2, -0.15) is 0 Å². The molecule has 4 N–H and O–H groups in total. The Morgan fingerprint density at radius 2 is 1.55 bits per heavy atom. The minimum absolute atomic E-state index is 0.136. The number of hydrogen-bond donors (Lipinski definition) is 4. The van der Waals surface area contributed by atoms with Crippen LogP contribution in [0.3, 0.4) is 0 Å². The molecule has 0 spiro atoms. The molecule has 0 unspecified atom stereocenters. The number of rotatable bonds is 15. The first kappa shape index (κ1) is 35.7. The van der Waals surface area contributed by atoms with Crippen LogP contribution in [0.1, 0.15) is 113 Å². The van der Waals surface area contributed by atoms with Gasteiger partial charge in [-0.25, -0.2) is 4.79 Å². The van der Waals surface area contributed by atoms with Crippen molar-refractivity contribution in [1.29, 1.82) is 0 Å². The molecule has 1 aliphatic carbocycles. The lowest BCUT2D eigenvalue weighted by atomic mass is 9.84. The van der Waals surface area contributed by atoms with Crippen LogP contribution in [0.25, 0.3) is 0 Å². The average Bonchev–Trinajstić information content (AvgIpc) is 2.85. The number of hydrogen-bond acceptors (Lipinski definition) is 7. The number of ether oxygens (including phenoxy) is 2. The summed E-state index contributed by atoms with van der Waals surface area (Å²) in [5.41, 5.74) is -0.717. The second kappa shape index (κ2) is 17.5. The molecule has 10 heteroatoms. The van der Waals surface area contributed by atoms with E-state index in [9.17, 15) is 24.3 Å². The van der Waals surface area contributed by atoms with E-state index >= 15 is 0 Å². The molecule has 3 amide bonds. The minimum atomic E-state index is -1.13. The van der Waals surface area contributed by atoms with Crippen molar-refractivity contribution >= 4 is 23.9 Å². The van der Waals surface area contributed by atoms with Crippen LogP contribution in [-0.4, -0.2) is 65.4 Å². The summed E-state index contributed by atoms with van der Waals surface area (Å²) in [5, 5.41) is 19.3. The quantitative estimate of drug-likeness (QED) is 0.216. The van der Waals surface area contributed by atoms with E-state index in [2.05, 4.69) is 16.0 Å². The van der Waals surface area contributed by atoms with E-state index < -0.39 is 53.7 Å². The summed E-state index contributed by atoms with van der Waals surface area (Å²) >= 11 is 0. The highest BCUT2D eigenvalue weighted by Gasteiger charge is 2.34. The molecule has 1 rings (SSSR count). The number of aliphatic hydroxyl groups is 1. The van der Waals surface area contributed by atoms with Gasteiger partial charge in [-0.3, -0.25) is 14.4 Å². The predicted octanol–water partition coefficient (Wildman–Crippen LogP) is 4.23. The molecule has 0 radical (unpaired) electrons. The second-order valence-corrected chi connectivity index (χ2v) is 12.6. The Hall–Kier alpha value is -2.36. The molecule has 5 atom stereocenters. The molecule has 0 aliphatic heterocycles. The Balaban J connectivity index is 3.09. The fraction of sp³-hybridized carbons (Fsp3) is 0.867. The maximum absolute atomic E-state index is 13.6. The van der Waals surface area contributed by atoms with E-state index in [0.29, 0.717) is 25.2 Å². The van der Waals surface area contributed by atoms with Gasteiger partial charge >= 0.3 is 12.1 Å². The van der Waals surface area contributed by atoms with Crippen molar-refractivity contribution in [2.75, 3.05) is 6.61 Å². The molecule has 40 heavy (non-hydrogen) atoms. The summed E-state index contributed by atoms with van der Waals surface area (Å²) in [6, 6.07) is -2.44. The highest BCUT2D eigenvalue weighted by Crippen LogP contribution is 2.28. The Morgan fingerprint density at radius 3 is 2.08 bits per heavy atom. The fourth-order valence-corrected chi connectivity index (χ4v) is 5.02. The third-order valence-electron chi connectivity index (χ3n) is 7.29. The van der Waals surface area contributed by atoms with Gasteiger partial charge in [0.05, 0.1) is 25.2 Å². The van der Waals surface area contributed by atoms with Crippen molar-refractivity contribution in [1.82, 2.24) is 16.0 Å². The zero-order chi connectivity index (χ0) is 30.5. The molecule has 1 saturated carbocycles. The lowest BCUT2D eigenvalue weighted by Gasteiger charge is -2.32. The summed E-state index contributed by atoms with van der Waals surface area (Å²) in [6.07, 6.45) is 4.81. The van der Waals surface area contributed by atoms with Gasteiger partial charge in [-0.1, -0.05) is 66.2 Å². The van der Waals surface area contributed by atoms with E-state index in [1.54, 1.807) is 27.7 Å². The molecule has 0 aromatic carbocycles. The molecule has 0 aromatic rings. The molecule has 232 valence electrons. The maximum atomic E-state index is 13.6. The van der Waals surface area contributed by atoms with Gasteiger partial charge in [0.1, 0.15) is 17.7 Å².